The van der Waals surface area contributed by atoms with Gasteiger partial charge in [-0.2, -0.15) is 0 Å². The highest BCUT2D eigenvalue weighted by Gasteiger charge is 2.38. The Labute approximate surface area is 61.0 Å². The first-order valence-electron chi connectivity index (χ1n) is 4.18. The molecule has 1 heterocycles. The van der Waals surface area contributed by atoms with E-state index in [1.807, 2.05) is 0 Å². The van der Waals surface area contributed by atoms with Crippen molar-refractivity contribution in [1.82, 2.24) is 5.32 Å². The van der Waals surface area contributed by atoms with Gasteiger partial charge in [0, 0.05) is 6.04 Å². The molecule has 1 aliphatic heterocycles. The highest BCUT2D eigenvalue weighted by molar-refractivity contribution is 5.85. The molecule has 0 bridgehead atoms. The topological polar surface area (TPSA) is 29.1 Å². The average molecular weight is 139 g/mol. The number of carbonyl (C=O) groups is 1. The van der Waals surface area contributed by atoms with Crippen molar-refractivity contribution in [2.75, 3.05) is 0 Å². The molecule has 2 aliphatic rings. The molecule has 1 saturated carbocycles. The van der Waals surface area contributed by atoms with Crippen molar-refractivity contribution in [2.24, 2.45) is 5.92 Å². The lowest BCUT2D eigenvalue weighted by Crippen LogP contribution is -2.57. The van der Waals surface area contributed by atoms with Gasteiger partial charge in [-0.1, -0.05) is 19.3 Å². The summed E-state index contributed by atoms with van der Waals surface area (Å²) in [5.41, 5.74) is 0. The third-order valence-electron chi connectivity index (χ3n) is 2.68. The molecule has 0 aromatic carbocycles. The van der Waals surface area contributed by atoms with E-state index in [-0.39, 0.29) is 0 Å². The second-order valence-electron chi connectivity index (χ2n) is 3.36. The minimum absolute atomic E-state index is 0.298. The summed E-state index contributed by atoms with van der Waals surface area (Å²) in [6.45, 7) is 0. The Balaban J connectivity index is 1.99. The summed E-state index contributed by atoms with van der Waals surface area (Å²) in [6, 6.07) is 0.551. The Morgan fingerprint density at radius 2 is 2.00 bits per heavy atom. The normalized spacial score (nSPS) is 39.0. The van der Waals surface area contributed by atoms with Gasteiger partial charge in [-0.3, -0.25) is 4.79 Å². The lowest BCUT2D eigenvalue weighted by molar-refractivity contribution is -0.135. The Bertz CT molecular complexity index is 155. The number of nitrogens with one attached hydrogen (secondary N) is 1. The molecule has 2 atom stereocenters. The van der Waals surface area contributed by atoms with Crippen LogP contribution in [-0.4, -0.2) is 11.9 Å². The summed E-state index contributed by atoms with van der Waals surface area (Å²) in [6.07, 6.45) is 6.24. The van der Waals surface area contributed by atoms with E-state index < -0.39 is 0 Å². The number of hydrogen-bond donors (Lipinski definition) is 1. The van der Waals surface area contributed by atoms with Crippen molar-refractivity contribution in [3.63, 3.8) is 0 Å². The van der Waals surface area contributed by atoms with Crippen molar-refractivity contribution >= 4 is 5.91 Å². The van der Waals surface area contributed by atoms with Crippen LogP contribution in [0.5, 0.6) is 0 Å². The van der Waals surface area contributed by atoms with E-state index in [1.54, 1.807) is 0 Å². The van der Waals surface area contributed by atoms with Crippen LogP contribution in [0.25, 0.3) is 0 Å². The molecule has 0 radical (unpaired) electrons. The van der Waals surface area contributed by atoms with E-state index in [0.717, 1.165) is 6.42 Å². The lowest BCUT2D eigenvalue weighted by atomic mass is 9.87. The number of β-lactam (4-membered cyclic amide) rings is 1. The van der Waals surface area contributed by atoms with Gasteiger partial charge in [-0.05, 0) is 12.8 Å². The smallest absolute Gasteiger partial charge is 0.225 e. The van der Waals surface area contributed by atoms with Gasteiger partial charge in [0.2, 0.25) is 5.91 Å². The van der Waals surface area contributed by atoms with Crippen LogP contribution in [0.3, 0.4) is 0 Å². The van der Waals surface area contributed by atoms with Gasteiger partial charge >= 0.3 is 0 Å². The van der Waals surface area contributed by atoms with E-state index in [2.05, 4.69) is 5.32 Å². The number of carbonyl (C=O) groups excluding carboxylic acids is 1. The molecule has 0 aromatic rings. The fourth-order valence-electron chi connectivity index (χ4n) is 1.99. The van der Waals surface area contributed by atoms with Gasteiger partial charge in [-0.25, -0.2) is 0 Å². The Hall–Kier alpha value is -0.530. The molecule has 1 amide bonds. The summed E-state index contributed by atoms with van der Waals surface area (Å²) in [4.78, 5) is 10.9. The predicted octanol–water partition coefficient (Wildman–Crippen LogP) is 1.07. The predicted molar refractivity (Wildman–Crippen MR) is 38.5 cm³/mol. The number of rotatable bonds is 0. The molecule has 2 nitrogen and oxygen atoms in total. The molecule has 1 aliphatic carbocycles. The van der Waals surface area contributed by atoms with Crippen molar-refractivity contribution in [2.45, 2.75) is 38.1 Å². The van der Waals surface area contributed by atoms with Crippen LogP contribution in [0.15, 0.2) is 0 Å². The minimum atomic E-state index is 0.298. The third kappa shape index (κ3) is 0.825. The SMILES string of the molecule is O=C1NC2CCCCCC12. The number of hydrogen-bond acceptors (Lipinski definition) is 1. The van der Waals surface area contributed by atoms with Crippen molar-refractivity contribution in [3.8, 4) is 0 Å². The molecule has 10 heavy (non-hydrogen) atoms. The maximum Gasteiger partial charge on any atom is 0.225 e. The van der Waals surface area contributed by atoms with Crippen molar-refractivity contribution < 1.29 is 4.79 Å². The van der Waals surface area contributed by atoms with Crippen LogP contribution >= 0.6 is 0 Å². The van der Waals surface area contributed by atoms with E-state index in [9.17, 15) is 4.79 Å². The van der Waals surface area contributed by atoms with E-state index in [0.29, 0.717) is 17.9 Å². The van der Waals surface area contributed by atoms with E-state index in [1.165, 1.54) is 25.7 Å². The lowest BCUT2D eigenvalue weighted by Gasteiger charge is -2.35. The summed E-state index contributed by atoms with van der Waals surface area (Å²) in [7, 11) is 0. The van der Waals surface area contributed by atoms with Crippen LogP contribution in [-0.2, 0) is 4.79 Å². The second kappa shape index (κ2) is 2.26. The molecular formula is C8H13NO. The monoisotopic (exact) mass is 139 g/mol. The summed E-state index contributed by atoms with van der Waals surface area (Å²) in [5, 5.41) is 2.95. The molecular weight excluding hydrogens is 126 g/mol. The minimum Gasteiger partial charge on any atom is -0.352 e. The van der Waals surface area contributed by atoms with Gasteiger partial charge in [0.05, 0.1) is 5.92 Å². The number of fused-ring (bicyclic) bond motifs is 1. The first kappa shape index (κ1) is 6.20. The first-order valence-corrected chi connectivity index (χ1v) is 4.18. The summed E-state index contributed by atoms with van der Waals surface area (Å²) >= 11 is 0. The largest absolute Gasteiger partial charge is 0.352 e. The molecule has 1 saturated heterocycles. The van der Waals surface area contributed by atoms with Crippen LogP contribution in [0, 0.1) is 5.92 Å². The third-order valence-corrected chi connectivity index (χ3v) is 2.68. The molecule has 2 unspecified atom stereocenters. The Kier molecular flexibility index (Phi) is 1.40. The quantitative estimate of drug-likeness (QED) is 0.500. The molecule has 2 fully saturated rings. The Morgan fingerprint density at radius 1 is 1.20 bits per heavy atom. The van der Waals surface area contributed by atoms with Gasteiger partial charge in [0.1, 0.15) is 0 Å². The summed E-state index contributed by atoms with van der Waals surface area (Å²) < 4.78 is 0. The van der Waals surface area contributed by atoms with Gasteiger partial charge in [0.25, 0.3) is 0 Å². The molecule has 1 N–H and O–H groups in total. The highest BCUT2D eigenvalue weighted by atomic mass is 16.2. The summed E-state index contributed by atoms with van der Waals surface area (Å²) in [5.74, 6) is 0.689. The van der Waals surface area contributed by atoms with Gasteiger partial charge < -0.3 is 5.32 Å². The van der Waals surface area contributed by atoms with E-state index in [4.69, 9.17) is 0 Å². The van der Waals surface area contributed by atoms with Crippen LogP contribution in [0.4, 0.5) is 0 Å². The van der Waals surface area contributed by atoms with Gasteiger partial charge in [0.15, 0.2) is 0 Å². The van der Waals surface area contributed by atoms with Crippen molar-refractivity contribution in [3.05, 3.63) is 0 Å². The van der Waals surface area contributed by atoms with Crippen LogP contribution in [0.2, 0.25) is 0 Å². The van der Waals surface area contributed by atoms with E-state index >= 15 is 0 Å². The Morgan fingerprint density at radius 3 is 2.80 bits per heavy atom. The van der Waals surface area contributed by atoms with Crippen LogP contribution < -0.4 is 5.32 Å². The molecule has 0 aromatic heterocycles. The highest BCUT2D eigenvalue weighted by Crippen LogP contribution is 2.29. The molecule has 56 valence electrons. The fourth-order valence-corrected chi connectivity index (χ4v) is 1.99. The first-order chi connectivity index (χ1) is 4.88. The number of amides is 1. The maximum absolute atomic E-state index is 10.9. The zero-order valence-corrected chi connectivity index (χ0v) is 6.10. The molecule has 2 rings (SSSR count). The van der Waals surface area contributed by atoms with Gasteiger partial charge in [-0.15, -0.1) is 0 Å². The average Bonchev–Trinajstić information content (AvgIpc) is 2.09. The fraction of sp³-hybridized carbons (Fsp3) is 0.875. The zero-order valence-electron chi connectivity index (χ0n) is 6.10. The standard InChI is InChI=1S/C8H13NO/c10-8-6-4-2-1-3-5-7(6)9-8/h6-7H,1-5H2,(H,9,10). The van der Waals surface area contributed by atoms with Crippen molar-refractivity contribution in [1.29, 1.82) is 0 Å². The molecule has 0 spiro atoms. The van der Waals surface area contributed by atoms with Crippen LogP contribution in [0.1, 0.15) is 32.1 Å². The zero-order chi connectivity index (χ0) is 6.97. The second-order valence-corrected chi connectivity index (χ2v) is 3.36. The maximum atomic E-state index is 10.9. The molecule has 2 heteroatoms.